The summed E-state index contributed by atoms with van der Waals surface area (Å²) in [5.41, 5.74) is 1.96. The first-order chi connectivity index (χ1) is 11.6. The lowest BCUT2D eigenvalue weighted by atomic mass is 10.0. The van der Waals surface area contributed by atoms with Gasteiger partial charge in [-0.05, 0) is 61.1 Å². The molecule has 0 aromatic heterocycles. The molecule has 0 aliphatic heterocycles. The van der Waals surface area contributed by atoms with Crippen LogP contribution >= 0.6 is 0 Å². The predicted octanol–water partition coefficient (Wildman–Crippen LogP) is 5.13. The molecule has 0 saturated heterocycles. The van der Waals surface area contributed by atoms with Gasteiger partial charge in [0.15, 0.2) is 23.0 Å². The maximum atomic E-state index is 9.39. The molecule has 0 bridgehead atoms. The van der Waals surface area contributed by atoms with Gasteiger partial charge in [-0.15, -0.1) is 0 Å². The van der Waals surface area contributed by atoms with E-state index in [1.807, 2.05) is 27.7 Å². The van der Waals surface area contributed by atoms with E-state index < -0.39 is 0 Å². The molecule has 0 aliphatic carbocycles. The highest BCUT2D eigenvalue weighted by Crippen LogP contribution is 2.27. The largest absolute Gasteiger partial charge is 0.504 e. The van der Waals surface area contributed by atoms with Gasteiger partial charge in [-0.3, -0.25) is 0 Å². The Hall–Kier alpha value is -2.36. The normalized spacial score (nSPS) is 9.33. The second kappa shape index (κ2) is 12.1. The molecule has 4 nitrogen and oxygen atoms in total. The van der Waals surface area contributed by atoms with Crippen molar-refractivity contribution in [3.8, 4) is 23.0 Å². The number of phenolic OH excluding ortho intramolecular Hbond substituents is 4. The van der Waals surface area contributed by atoms with Crippen LogP contribution in [0.5, 0.6) is 23.0 Å². The topological polar surface area (TPSA) is 80.9 Å². The summed E-state index contributed by atoms with van der Waals surface area (Å²) >= 11 is 0. The van der Waals surface area contributed by atoms with Crippen molar-refractivity contribution in [3.05, 3.63) is 47.5 Å². The molecule has 2 rings (SSSR count). The van der Waals surface area contributed by atoms with Gasteiger partial charge in [0.1, 0.15) is 0 Å². The second-order valence-corrected chi connectivity index (χ2v) is 4.85. The van der Waals surface area contributed by atoms with E-state index in [0.29, 0.717) is 0 Å². The Kier molecular flexibility index (Phi) is 10.9. The molecule has 2 aromatic carbocycles. The second-order valence-electron chi connectivity index (χ2n) is 4.85. The molecule has 2 aromatic rings. The van der Waals surface area contributed by atoms with Gasteiger partial charge >= 0.3 is 0 Å². The zero-order valence-electron chi connectivity index (χ0n) is 15.1. The molecule has 0 saturated carbocycles. The summed E-state index contributed by atoms with van der Waals surface area (Å²) in [4.78, 5) is 0. The number of aryl methyl sites for hydroxylation is 2. The minimum atomic E-state index is -0.103. The van der Waals surface area contributed by atoms with Gasteiger partial charge in [-0.1, -0.05) is 39.8 Å². The lowest BCUT2D eigenvalue weighted by Gasteiger charge is -2.05. The Balaban J connectivity index is 0.00000123. The standard InChI is InChI=1S/C16H18O4.2C2H6/c17-13-7-5-11(9-15(13)19)3-1-2-4-12-6-8-14(18)16(20)10-12;2*1-2/h5-10,17-20H,1-4H2;2*1-2H3. The Morgan fingerprint density at radius 2 is 0.875 bits per heavy atom. The van der Waals surface area contributed by atoms with Crippen molar-refractivity contribution in [1.82, 2.24) is 0 Å². The van der Waals surface area contributed by atoms with E-state index in [4.69, 9.17) is 0 Å². The van der Waals surface area contributed by atoms with Gasteiger partial charge in [0.25, 0.3) is 0 Å². The lowest BCUT2D eigenvalue weighted by molar-refractivity contribution is 0.403. The molecule has 0 spiro atoms. The number of benzene rings is 2. The minimum Gasteiger partial charge on any atom is -0.504 e. The molecule has 24 heavy (non-hydrogen) atoms. The van der Waals surface area contributed by atoms with Crippen molar-refractivity contribution in [2.24, 2.45) is 0 Å². The monoisotopic (exact) mass is 334 g/mol. The quantitative estimate of drug-likeness (QED) is 0.451. The number of aromatic hydroxyl groups is 4. The third-order valence-electron chi connectivity index (χ3n) is 3.26. The third-order valence-corrected chi connectivity index (χ3v) is 3.26. The highest BCUT2D eigenvalue weighted by atomic mass is 16.3. The molecular weight excluding hydrogens is 304 g/mol. The number of phenols is 4. The fraction of sp³-hybridized carbons (Fsp3) is 0.400. The molecule has 4 heteroatoms. The zero-order chi connectivity index (χ0) is 18.5. The maximum absolute atomic E-state index is 9.39. The van der Waals surface area contributed by atoms with Gasteiger partial charge in [0.2, 0.25) is 0 Å². The molecule has 0 unspecified atom stereocenters. The first-order valence-corrected chi connectivity index (χ1v) is 8.58. The molecule has 0 amide bonds. The fourth-order valence-corrected chi connectivity index (χ4v) is 2.11. The van der Waals surface area contributed by atoms with E-state index in [1.54, 1.807) is 24.3 Å². The van der Waals surface area contributed by atoms with Gasteiger partial charge in [-0.2, -0.15) is 0 Å². The molecule has 134 valence electrons. The number of rotatable bonds is 5. The first-order valence-electron chi connectivity index (χ1n) is 8.58. The summed E-state index contributed by atoms with van der Waals surface area (Å²) in [7, 11) is 0. The van der Waals surface area contributed by atoms with E-state index in [9.17, 15) is 20.4 Å². The highest BCUT2D eigenvalue weighted by molar-refractivity contribution is 5.41. The molecule has 0 aliphatic rings. The van der Waals surface area contributed by atoms with E-state index in [-0.39, 0.29) is 23.0 Å². The van der Waals surface area contributed by atoms with E-state index in [0.717, 1.165) is 36.8 Å². The van der Waals surface area contributed by atoms with E-state index >= 15 is 0 Å². The van der Waals surface area contributed by atoms with Crippen molar-refractivity contribution in [2.75, 3.05) is 0 Å². The van der Waals surface area contributed by atoms with Crippen molar-refractivity contribution in [1.29, 1.82) is 0 Å². The lowest BCUT2D eigenvalue weighted by Crippen LogP contribution is -1.89. The summed E-state index contributed by atoms with van der Waals surface area (Å²) in [6, 6.07) is 9.71. The van der Waals surface area contributed by atoms with Crippen LogP contribution < -0.4 is 0 Å². The Labute approximate surface area is 145 Å². The van der Waals surface area contributed by atoms with Crippen LogP contribution in [0.2, 0.25) is 0 Å². The third kappa shape index (κ3) is 7.27. The molecule has 0 heterocycles. The van der Waals surface area contributed by atoms with E-state index in [1.165, 1.54) is 12.1 Å². The number of hydrogen-bond acceptors (Lipinski definition) is 4. The van der Waals surface area contributed by atoms with Crippen molar-refractivity contribution >= 4 is 0 Å². The van der Waals surface area contributed by atoms with Gasteiger partial charge < -0.3 is 20.4 Å². The van der Waals surface area contributed by atoms with Crippen LogP contribution in [0, 0.1) is 0 Å². The summed E-state index contributed by atoms with van der Waals surface area (Å²) in [6.07, 6.45) is 3.51. The van der Waals surface area contributed by atoms with Crippen LogP contribution in [-0.4, -0.2) is 20.4 Å². The average molecular weight is 334 g/mol. The van der Waals surface area contributed by atoms with E-state index in [2.05, 4.69) is 0 Å². The molecule has 0 radical (unpaired) electrons. The predicted molar refractivity (Wildman–Crippen MR) is 98.9 cm³/mol. The van der Waals surface area contributed by atoms with Crippen LogP contribution in [0.4, 0.5) is 0 Å². The van der Waals surface area contributed by atoms with Crippen LogP contribution in [0.1, 0.15) is 51.7 Å². The van der Waals surface area contributed by atoms with Gasteiger partial charge in [0.05, 0.1) is 0 Å². The molecule has 0 atom stereocenters. The van der Waals surface area contributed by atoms with Crippen molar-refractivity contribution in [2.45, 2.75) is 53.4 Å². The fourth-order valence-electron chi connectivity index (χ4n) is 2.11. The summed E-state index contributed by atoms with van der Waals surface area (Å²) in [5.74, 6) is -0.390. The smallest absolute Gasteiger partial charge is 0.157 e. The van der Waals surface area contributed by atoms with Crippen molar-refractivity contribution < 1.29 is 20.4 Å². The van der Waals surface area contributed by atoms with Crippen LogP contribution in [0.25, 0.3) is 0 Å². The van der Waals surface area contributed by atoms with Crippen LogP contribution in [-0.2, 0) is 12.8 Å². The summed E-state index contributed by atoms with van der Waals surface area (Å²) in [5, 5.41) is 37.2. The Morgan fingerprint density at radius 3 is 1.17 bits per heavy atom. The Bertz CT molecular complexity index is 541. The van der Waals surface area contributed by atoms with Crippen LogP contribution in [0.15, 0.2) is 36.4 Å². The maximum Gasteiger partial charge on any atom is 0.157 e. The van der Waals surface area contributed by atoms with Gasteiger partial charge in [0, 0.05) is 0 Å². The highest BCUT2D eigenvalue weighted by Gasteiger charge is 2.02. The molecule has 0 fully saturated rings. The van der Waals surface area contributed by atoms with Crippen molar-refractivity contribution in [3.63, 3.8) is 0 Å². The van der Waals surface area contributed by atoms with Crippen LogP contribution in [0.3, 0.4) is 0 Å². The first kappa shape index (κ1) is 21.6. The number of hydrogen-bond donors (Lipinski definition) is 4. The van der Waals surface area contributed by atoms with Gasteiger partial charge in [-0.25, -0.2) is 0 Å². The molecular formula is C20H30O4. The number of unbranched alkanes of at least 4 members (excludes halogenated alkanes) is 1. The average Bonchev–Trinajstić information content (AvgIpc) is 2.61. The minimum absolute atomic E-state index is 0.0917. The zero-order valence-corrected chi connectivity index (χ0v) is 15.1. The summed E-state index contributed by atoms with van der Waals surface area (Å²) < 4.78 is 0. The SMILES string of the molecule is CC.CC.Oc1ccc(CCCCc2ccc(O)c(O)c2)cc1O. The Morgan fingerprint density at radius 1 is 0.542 bits per heavy atom. The summed E-state index contributed by atoms with van der Waals surface area (Å²) in [6.45, 7) is 8.00. The molecule has 4 N–H and O–H groups in total.